The lowest BCUT2D eigenvalue weighted by Crippen LogP contribution is -2.44. The smallest absolute Gasteiger partial charge is 0.429 e. The van der Waals surface area contributed by atoms with Crippen molar-refractivity contribution in [1.29, 1.82) is 0 Å². The molecule has 0 saturated carbocycles. The van der Waals surface area contributed by atoms with Gasteiger partial charge in [0.15, 0.2) is 5.60 Å². The van der Waals surface area contributed by atoms with Crippen LogP contribution in [0.15, 0.2) is 29.6 Å². The van der Waals surface area contributed by atoms with Gasteiger partial charge in [-0.2, -0.15) is 5.10 Å². The van der Waals surface area contributed by atoms with E-state index >= 15 is 0 Å². The second kappa shape index (κ2) is 3.34. The van der Waals surface area contributed by atoms with Crippen LogP contribution in [-0.2, 0) is 10.3 Å². The van der Waals surface area contributed by atoms with Gasteiger partial charge in [-0.15, -0.1) is 0 Å². The molecule has 15 heavy (non-hydrogen) atoms. The van der Waals surface area contributed by atoms with Gasteiger partial charge >= 0.3 is 6.09 Å². The fourth-order valence-corrected chi connectivity index (χ4v) is 1.43. The molecule has 0 fully saturated rings. The molecule has 5 nitrogen and oxygen atoms in total. The van der Waals surface area contributed by atoms with Crippen LogP contribution < -0.4 is 5.43 Å². The van der Waals surface area contributed by atoms with Crippen LogP contribution in [0.4, 0.5) is 4.79 Å². The summed E-state index contributed by atoms with van der Waals surface area (Å²) in [6.45, 7) is 3.59. The normalized spacial score (nSPS) is 25.2. The van der Waals surface area contributed by atoms with Gasteiger partial charge in [0.25, 0.3) is 0 Å². The number of hydrogen-bond acceptors (Lipinski definition) is 4. The van der Waals surface area contributed by atoms with E-state index in [1.54, 1.807) is 32.3 Å². The minimum Gasteiger partial charge on any atom is -0.431 e. The first-order valence-electron chi connectivity index (χ1n) is 4.57. The van der Waals surface area contributed by atoms with E-state index in [0.717, 1.165) is 5.56 Å². The molecule has 0 bridgehead atoms. The van der Waals surface area contributed by atoms with Crippen LogP contribution >= 0.6 is 0 Å². The quantitative estimate of drug-likeness (QED) is 0.753. The molecular weight excluding hydrogens is 194 g/mol. The molecule has 1 aliphatic rings. The van der Waals surface area contributed by atoms with Gasteiger partial charge in [0.1, 0.15) is 0 Å². The number of ether oxygens (including phenoxy) is 1. The van der Waals surface area contributed by atoms with Crippen molar-refractivity contribution in [1.82, 2.24) is 10.4 Å². The Balaban J connectivity index is 2.46. The van der Waals surface area contributed by atoms with Crippen LogP contribution in [0.2, 0.25) is 0 Å². The second-order valence-electron chi connectivity index (χ2n) is 3.47. The molecule has 5 heteroatoms. The van der Waals surface area contributed by atoms with Crippen LogP contribution in [0.3, 0.4) is 0 Å². The third-order valence-electron chi connectivity index (χ3n) is 2.51. The van der Waals surface area contributed by atoms with E-state index in [2.05, 4.69) is 15.5 Å². The summed E-state index contributed by atoms with van der Waals surface area (Å²) < 4.78 is 5.25. The van der Waals surface area contributed by atoms with Crippen molar-refractivity contribution >= 4 is 11.8 Å². The Morgan fingerprint density at radius 2 is 2.33 bits per heavy atom. The van der Waals surface area contributed by atoms with Gasteiger partial charge < -0.3 is 4.74 Å². The molecule has 0 spiro atoms. The Bertz CT molecular complexity index is 416. The molecule has 0 radical (unpaired) electrons. The van der Waals surface area contributed by atoms with Crippen molar-refractivity contribution in [2.24, 2.45) is 5.10 Å². The molecule has 2 heterocycles. The number of hydrazone groups is 1. The lowest BCUT2D eigenvalue weighted by atomic mass is 9.92. The second-order valence-corrected chi connectivity index (χ2v) is 3.47. The van der Waals surface area contributed by atoms with Gasteiger partial charge in [-0.05, 0) is 19.9 Å². The Kier molecular flexibility index (Phi) is 2.15. The van der Waals surface area contributed by atoms with Crippen molar-refractivity contribution in [2.75, 3.05) is 0 Å². The zero-order valence-corrected chi connectivity index (χ0v) is 8.52. The molecule has 0 aliphatic carbocycles. The van der Waals surface area contributed by atoms with Crippen LogP contribution in [-0.4, -0.2) is 16.8 Å². The van der Waals surface area contributed by atoms with E-state index in [0.29, 0.717) is 5.71 Å². The Morgan fingerprint density at radius 1 is 1.53 bits per heavy atom. The average Bonchev–Trinajstić information content (AvgIpc) is 2.25. The predicted molar refractivity (Wildman–Crippen MR) is 54.3 cm³/mol. The predicted octanol–water partition coefficient (Wildman–Crippen LogP) is 1.41. The van der Waals surface area contributed by atoms with E-state index in [1.165, 1.54) is 0 Å². The lowest BCUT2D eigenvalue weighted by molar-refractivity contribution is 0.0624. The third kappa shape index (κ3) is 1.56. The maximum absolute atomic E-state index is 11.1. The first-order chi connectivity index (χ1) is 7.13. The number of aromatic nitrogens is 1. The summed E-state index contributed by atoms with van der Waals surface area (Å²) in [7, 11) is 0. The largest absolute Gasteiger partial charge is 0.431 e. The summed E-state index contributed by atoms with van der Waals surface area (Å²) in [4.78, 5) is 15.1. The highest BCUT2D eigenvalue weighted by Gasteiger charge is 2.37. The maximum atomic E-state index is 11.1. The SMILES string of the molecule is CC1=NNC(=O)O[C@]1(C)c1cccnc1. The van der Waals surface area contributed by atoms with E-state index in [4.69, 9.17) is 4.74 Å². The number of pyridine rings is 1. The molecule has 78 valence electrons. The van der Waals surface area contributed by atoms with Crippen LogP contribution in [0.1, 0.15) is 19.4 Å². The van der Waals surface area contributed by atoms with Crippen molar-refractivity contribution in [2.45, 2.75) is 19.4 Å². The summed E-state index contributed by atoms with van der Waals surface area (Å²) >= 11 is 0. The third-order valence-corrected chi connectivity index (χ3v) is 2.51. The van der Waals surface area contributed by atoms with Gasteiger partial charge in [0, 0.05) is 18.0 Å². The molecule has 2 rings (SSSR count). The monoisotopic (exact) mass is 205 g/mol. The number of carbonyl (C=O) groups excluding carboxylic acids is 1. The zero-order valence-electron chi connectivity index (χ0n) is 8.52. The van der Waals surface area contributed by atoms with Gasteiger partial charge in [-0.25, -0.2) is 10.2 Å². The van der Waals surface area contributed by atoms with Crippen LogP contribution in [0, 0.1) is 0 Å². The van der Waals surface area contributed by atoms with E-state index in [9.17, 15) is 4.79 Å². The molecule has 1 atom stereocenters. The topological polar surface area (TPSA) is 63.6 Å². The number of rotatable bonds is 1. The molecule has 1 aliphatic heterocycles. The van der Waals surface area contributed by atoms with Crippen LogP contribution in [0.5, 0.6) is 0 Å². The summed E-state index contributed by atoms with van der Waals surface area (Å²) in [5.74, 6) is 0. The molecule has 0 saturated heterocycles. The highest BCUT2D eigenvalue weighted by Crippen LogP contribution is 2.28. The van der Waals surface area contributed by atoms with Crippen molar-refractivity contribution in [3.8, 4) is 0 Å². The van der Waals surface area contributed by atoms with Gasteiger partial charge in [0.05, 0.1) is 5.71 Å². The average molecular weight is 205 g/mol. The minimum atomic E-state index is -0.823. The van der Waals surface area contributed by atoms with E-state index in [-0.39, 0.29) is 0 Å². The fourth-order valence-electron chi connectivity index (χ4n) is 1.43. The molecule has 0 unspecified atom stereocenters. The van der Waals surface area contributed by atoms with E-state index < -0.39 is 11.7 Å². The Morgan fingerprint density at radius 3 is 3.00 bits per heavy atom. The molecule has 1 amide bonds. The van der Waals surface area contributed by atoms with E-state index in [1.807, 2.05) is 6.07 Å². The summed E-state index contributed by atoms with van der Waals surface area (Å²) in [6.07, 6.45) is 2.78. The lowest BCUT2D eigenvalue weighted by Gasteiger charge is -2.32. The van der Waals surface area contributed by atoms with Crippen molar-refractivity contribution < 1.29 is 9.53 Å². The maximum Gasteiger partial charge on any atom is 0.429 e. The number of cyclic esters (lactones) is 1. The number of carbonyl (C=O) groups is 1. The van der Waals surface area contributed by atoms with Gasteiger partial charge in [-0.1, -0.05) is 6.07 Å². The number of amides is 1. The first-order valence-corrected chi connectivity index (χ1v) is 4.57. The summed E-state index contributed by atoms with van der Waals surface area (Å²) in [5, 5.41) is 3.90. The number of nitrogens with one attached hydrogen (secondary N) is 1. The molecular formula is C10H11N3O2. The van der Waals surface area contributed by atoms with Crippen LogP contribution in [0.25, 0.3) is 0 Å². The molecule has 1 aromatic heterocycles. The highest BCUT2D eigenvalue weighted by atomic mass is 16.6. The minimum absolute atomic E-state index is 0.549. The summed E-state index contributed by atoms with van der Waals surface area (Å²) in [5.41, 5.74) is 2.94. The Hall–Kier alpha value is -1.91. The number of hydrogen-bond donors (Lipinski definition) is 1. The molecule has 1 N–H and O–H groups in total. The Labute approximate surface area is 87.2 Å². The number of nitrogens with zero attached hydrogens (tertiary/aromatic N) is 2. The molecule has 1 aromatic rings. The standard InChI is InChI=1S/C10H11N3O2/c1-7-10(2,15-9(14)13-12-7)8-4-3-5-11-6-8/h3-6H,1-2H3,(H,13,14)/t10-/m0/s1. The zero-order chi connectivity index (χ0) is 10.9. The molecule has 0 aromatic carbocycles. The van der Waals surface area contributed by atoms with Gasteiger partial charge in [0.2, 0.25) is 0 Å². The van der Waals surface area contributed by atoms with Gasteiger partial charge in [-0.3, -0.25) is 4.98 Å². The first kappa shape index (κ1) is 9.64. The summed E-state index contributed by atoms with van der Waals surface area (Å²) in [6, 6.07) is 3.65. The fraction of sp³-hybridized carbons (Fsp3) is 0.300. The van der Waals surface area contributed by atoms with Crippen molar-refractivity contribution in [3.63, 3.8) is 0 Å². The highest BCUT2D eigenvalue weighted by molar-refractivity contribution is 5.95. The van der Waals surface area contributed by atoms with Crippen molar-refractivity contribution in [3.05, 3.63) is 30.1 Å².